The lowest BCUT2D eigenvalue weighted by atomic mass is 10.3. The van der Waals surface area contributed by atoms with E-state index >= 15 is 0 Å². The zero-order valence-electron chi connectivity index (χ0n) is 9.85. The molecule has 0 spiro atoms. The van der Waals surface area contributed by atoms with Gasteiger partial charge in [0.2, 0.25) is 10.0 Å². The predicted octanol–water partition coefficient (Wildman–Crippen LogP) is 2.20. The normalized spacial score (nSPS) is 11.6. The van der Waals surface area contributed by atoms with Crippen LogP contribution in [0.1, 0.15) is 26.2 Å². The number of sulfonamides is 1. The minimum Gasteiger partial charge on any atom is -0.399 e. The maximum atomic E-state index is 11.4. The maximum absolute atomic E-state index is 11.4. The highest BCUT2D eigenvalue weighted by Gasteiger charge is 2.14. The summed E-state index contributed by atoms with van der Waals surface area (Å²) in [7, 11) is -3.70. The molecule has 17 heavy (non-hydrogen) atoms. The lowest BCUT2D eigenvalue weighted by Gasteiger charge is -2.08. The van der Waals surface area contributed by atoms with E-state index in [0.717, 1.165) is 25.0 Å². The highest BCUT2D eigenvalue weighted by Crippen LogP contribution is 2.28. The molecule has 96 valence electrons. The third-order valence-electron chi connectivity index (χ3n) is 2.28. The van der Waals surface area contributed by atoms with Gasteiger partial charge in [0.15, 0.2) is 0 Å². The van der Waals surface area contributed by atoms with Crippen LogP contribution in [0.4, 0.5) is 5.69 Å². The van der Waals surface area contributed by atoms with Gasteiger partial charge in [0, 0.05) is 10.6 Å². The lowest BCUT2D eigenvalue weighted by molar-refractivity contribution is 0.596. The summed E-state index contributed by atoms with van der Waals surface area (Å²) in [6.45, 7) is 2.13. The van der Waals surface area contributed by atoms with Crippen molar-refractivity contribution in [3.8, 4) is 0 Å². The highest BCUT2D eigenvalue weighted by molar-refractivity contribution is 8.00. The Morgan fingerprint density at radius 1 is 1.29 bits per heavy atom. The fourth-order valence-corrected chi connectivity index (χ4v) is 3.51. The molecule has 1 aromatic carbocycles. The largest absolute Gasteiger partial charge is 0.399 e. The molecule has 0 radical (unpaired) electrons. The van der Waals surface area contributed by atoms with Crippen LogP contribution in [0.3, 0.4) is 0 Å². The first-order valence-electron chi connectivity index (χ1n) is 5.50. The Bertz CT molecular complexity index is 472. The molecule has 0 unspecified atom stereocenters. The molecule has 0 aliphatic rings. The summed E-state index contributed by atoms with van der Waals surface area (Å²) in [5.74, 6) is 0.889. The van der Waals surface area contributed by atoms with E-state index in [4.69, 9.17) is 10.9 Å². The molecular weight excluding hydrogens is 256 g/mol. The summed E-state index contributed by atoms with van der Waals surface area (Å²) in [5, 5.41) is 5.16. The summed E-state index contributed by atoms with van der Waals surface area (Å²) in [5.41, 5.74) is 5.98. The molecule has 0 saturated heterocycles. The summed E-state index contributed by atoms with van der Waals surface area (Å²) in [6, 6.07) is 4.82. The van der Waals surface area contributed by atoms with E-state index < -0.39 is 10.0 Å². The molecule has 0 heterocycles. The molecule has 0 aromatic heterocycles. The predicted molar refractivity (Wildman–Crippen MR) is 72.5 cm³/mol. The van der Waals surface area contributed by atoms with Crippen LogP contribution in [-0.4, -0.2) is 14.2 Å². The minimum absolute atomic E-state index is 0.124. The number of hydrogen-bond donors (Lipinski definition) is 2. The lowest BCUT2D eigenvalue weighted by Crippen LogP contribution is -2.13. The summed E-state index contributed by atoms with van der Waals surface area (Å²) in [6.07, 6.45) is 3.35. The van der Waals surface area contributed by atoms with Gasteiger partial charge in [0.05, 0.1) is 4.90 Å². The van der Waals surface area contributed by atoms with Crippen LogP contribution in [0, 0.1) is 0 Å². The van der Waals surface area contributed by atoms with E-state index in [2.05, 4.69) is 6.92 Å². The molecule has 0 fully saturated rings. The molecule has 4 N–H and O–H groups in total. The molecule has 1 aromatic rings. The van der Waals surface area contributed by atoms with Crippen LogP contribution in [0.15, 0.2) is 28.0 Å². The fourth-order valence-electron chi connectivity index (χ4n) is 1.40. The van der Waals surface area contributed by atoms with Gasteiger partial charge in [-0.25, -0.2) is 13.6 Å². The van der Waals surface area contributed by atoms with Crippen molar-refractivity contribution >= 4 is 27.5 Å². The average Bonchev–Trinajstić information content (AvgIpc) is 2.25. The zero-order chi connectivity index (χ0) is 12.9. The molecule has 0 amide bonds. The summed E-state index contributed by atoms with van der Waals surface area (Å²) in [4.78, 5) is 0.803. The van der Waals surface area contributed by atoms with Crippen LogP contribution >= 0.6 is 11.8 Å². The molecule has 0 aliphatic heterocycles. The topological polar surface area (TPSA) is 86.2 Å². The van der Waals surface area contributed by atoms with Gasteiger partial charge < -0.3 is 5.73 Å². The van der Waals surface area contributed by atoms with Gasteiger partial charge in [0.1, 0.15) is 0 Å². The van der Waals surface area contributed by atoms with Crippen molar-refractivity contribution in [3.63, 3.8) is 0 Å². The smallest absolute Gasteiger partial charge is 0.239 e. The second kappa shape index (κ2) is 6.28. The number of nitrogen functional groups attached to an aromatic ring is 1. The molecular formula is C11H18N2O2S2. The van der Waals surface area contributed by atoms with Crippen molar-refractivity contribution < 1.29 is 8.42 Å². The first-order valence-corrected chi connectivity index (χ1v) is 8.03. The van der Waals surface area contributed by atoms with Crippen molar-refractivity contribution in [2.24, 2.45) is 5.14 Å². The molecule has 6 heteroatoms. The second-order valence-electron chi connectivity index (χ2n) is 3.81. The summed E-state index contributed by atoms with van der Waals surface area (Å²) < 4.78 is 22.8. The third-order valence-corrected chi connectivity index (χ3v) is 4.52. The number of thioether (sulfide) groups is 1. The second-order valence-corrected chi connectivity index (χ2v) is 6.47. The van der Waals surface area contributed by atoms with Crippen molar-refractivity contribution in [1.82, 2.24) is 0 Å². The maximum Gasteiger partial charge on any atom is 0.239 e. The van der Waals surface area contributed by atoms with E-state index in [1.165, 1.54) is 17.8 Å². The number of anilines is 1. The van der Waals surface area contributed by atoms with Gasteiger partial charge in [-0.1, -0.05) is 19.8 Å². The average molecular weight is 274 g/mol. The molecule has 0 aliphatic carbocycles. The summed E-state index contributed by atoms with van der Waals surface area (Å²) >= 11 is 1.51. The van der Waals surface area contributed by atoms with Gasteiger partial charge in [-0.05, 0) is 30.4 Å². The van der Waals surface area contributed by atoms with Gasteiger partial charge in [-0.2, -0.15) is 0 Å². The van der Waals surface area contributed by atoms with E-state index in [0.29, 0.717) is 10.6 Å². The Morgan fingerprint density at radius 3 is 2.59 bits per heavy atom. The Balaban J connectivity index is 2.84. The molecule has 1 rings (SSSR count). The molecule has 0 atom stereocenters. The van der Waals surface area contributed by atoms with E-state index in [-0.39, 0.29) is 4.90 Å². The SMILES string of the molecule is CCCCCSc1ccc(N)cc1S(N)(=O)=O. The third kappa shape index (κ3) is 4.57. The Hall–Kier alpha value is -0.720. The number of benzene rings is 1. The van der Waals surface area contributed by atoms with Crippen LogP contribution in [0.2, 0.25) is 0 Å². The Labute approximate surface area is 107 Å². The monoisotopic (exact) mass is 274 g/mol. The van der Waals surface area contributed by atoms with Crippen molar-refractivity contribution in [2.75, 3.05) is 11.5 Å². The quantitative estimate of drug-likeness (QED) is 0.473. The standard InChI is InChI=1S/C11H18N2O2S2/c1-2-3-4-7-16-10-6-5-9(12)8-11(10)17(13,14)15/h5-6,8H,2-4,7,12H2,1H3,(H2,13,14,15). The van der Waals surface area contributed by atoms with Crippen molar-refractivity contribution in [1.29, 1.82) is 0 Å². The zero-order valence-corrected chi connectivity index (χ0v) is 11.5. The van der Waals surface area contributed by atoms with E-state index in [1.54, 1.807) is 12.1 Å². The van der Waals surface area contributed by atoms with Crippen LogP contribution in [0.25, 0.3) is 0 Å². The van der Waals surface area contributed by atoms with Gasteiger partial charge in [0.25, 0.3) is 0 Å². The van der Waals surface area contributed by atoms with Crippen molar-refractivity contribution in [3.05, 3.63) is 18.2 Å². The first kappa shape index (κ1) is 14.3. The number of primary sulfonamides is 1. The van der Waals surface area contributed by atoms with Crippen molar-refractivity contribution in [2.45, 2.75) is 36.0 Å². The Kier molecular flexibility index (Phi) is 5.30. The van der Waals surface area contributed by atoms with E-state index in [9.17, 15) is 8.42 Å². The number of unbranched alkanes of at least 4 members (excludes halogenated alkanes) is 2. The van der Waals surface area contributed by atoms with Crippen LogP contribution in [0.5, 0.6) is 0 Å². The highest BCUT2D eigenvalue weighted by atomic mass is 32.2. The van der Waals surface area contributed by atoms with E-state index in [1.807, 2.05) is 0 Å². The van der Waals surface area contributed by atoms with Crippen LogP contribution in [-0.2, 0) is 10.0 Å². The van der Waals surface area contributed by atoms with Gasteiger partial charge >= 0.3 is 0 Å². The molecule has 0 saturated carbocycles. The number of rotatable bonds is 6. The number of hydrogen-bond acceptors (Lipinski definition) is 4. The first-order chi connectivity index (χ1) is 7.95. The van der Waals surface area contributed by atoms with Gasteiger partial charge in [-0.15, -0.1) is 11.8 Å². The Morgan fingerprint density at radius 2 is 2.00 bits per heavy atom. The number of nitrogens with two attached hydrogens (primary N) is 2. The van der Waals surface area contributed by atoms with Gasteiger partial charge in [-0.3, -0.25) is 0 Å². The minimum atomic E-state index is -3.70. The molecule has 4 nitrogen and oxygen atoms in total. The fraction of sp³-hybridized carbons (Fsp3) is 0.455. The molecule has 0 bridgehead atoms. The van der Waals surface area contributed by atoms with Crippen LogP contribution < -0.4 is 10.9 Å².